The van der Waals surface area contributed by atoms with Crippen molar-refractivity contribution < 1.29 is 0 Å². The Morgan fingerprint density at radius 3 is 2.88 bits per heavy atom. The van der Waals surface area contributed by atoms with Crippen LogP contribution in [0.4, 0.5) is 0 Å². The molecule has 0 fully saturated rings. The Bertz CT molecular complexity index is 274. The molecule has 3 heteroatoms. The van der Waals surface area contributed by atoms with E-state index in [2.05, 4.69) is 35.2 Å². The normalized spacial score (nSPS) is 13.0. The Balaban J connectivity index is 2.37. The van der Waals surface area contributed by atoms with Gasteiger partial charge in [0.2, 0.25) is 0 Å². The van der Waals surface area contributed by atoms with Crippen molar-refractivity contribution in [1.82, 2.24) is 15.2 Å². The van der Waals surface area contributed by atoms with Crippen LogP contribution in [-0.2, 0) is 6.54 Å². The van der Waals surface area contributed by atoms with Gasteiger partial charge in [-0.2, -0.15) is 0 Å². The van der Waals surface area contributed by atoms with Crippen LogP contribution >= 0.6 is 0 Å². The summed E-state index contributed by atoms with van der Waals surface area (Å²) in [6.07, 6.45) is 4.98. The minimum atomic E-state index is 0.728. The second-order valence-electron chi connectivity index (χ2n) is 4.39. The number of pyridine rings is 1. The summed E-state index contributed by atoms with van der Waals surface area (Å²) in [5, 5.41) is 3.25. The molecule has 3 nitrogen and oxygen atoms in total. The van der Waals surface area contributed by atoms with E-state index in [0.717, 1.165) is 25.6 Å². The molecule has 1 unspecified atom stereocenters. The third-order valence-electron chi connectivity index (χ3n) is 2.82. The molecular formula is C13H23N3. The van der Waals surface area contributed by atoms with Crippen LogP contribution in [0.1, 0.15) is 18.9 Å². The van der Waals surface area contributed by atoms with Crippen molar-refractivity contribution in [2.45, 2.75) is 19.9 Å². The van der Waals surface area contributed by atoms with Gasteiger partial charge in [-0.15, -0.1) is 0 Å². The van der Waals surface area contributed by atoms with E-state index < -0.39 is 0 Å². The van der Waals surface area contributed by atoms with E-state index in [1.807, 2.05) is 25.5 Å². The first-order valence-corrected chi connectivity index (χ1v) is 5.98. The summed E-state index contributed by atoms with van der Waals surface area (Å²) in [5.41, 5.74) is 1.28. The van der Waals surface area contributed by atoms with Crippen molar-refractivity contribution >= 4 is 0 Å². The number of nitrogens with one attached hydrogen (secondary N) is 1. The van der Waals surface area contributed by atoms with Gasteiger partial charge in [-0.1, -0.05) is 19.4 Å². The van der Waals surface area contributed by atoms with E-state index in [1.54, 1.807) is 0 Å². The van der Waals surface area contributed by atoms with Crippen LogP contribution in [0.5, 0.6) is 0 Å². The molecule has 0 aliphatic carbocycles. The highest BCUT2D eigenvalue weighted by Crippen LogP contribution is 2.06. The molecule has 1 rings (SSSR count). The lowest BCUT2D eigenvalue weighted by molar-refractivity contribution is 0.261. The van der Waals surface area contributed by atoms with Crippen molar-refractivity contribution in [1.29, 1.82) is 0 Å². The first-order valence-electron chi connectivity index (χ1n) is 5.98. The molecule has 1 heterocycles. The van der Waals surface area contributed by atoms with E-state index in [-0.39, 0.29) is 0 Å². The molecule has 0 aromatic carbocycles. The van der Waals surface area contributed by atoms with Gasteiger partial charge in [-0.3, -0.25) is 4.98 Å². The zero-order valence-electron chi connectivity index (χ0n) is 10.6. The number of hydrogen-bond acceptors (Lipinski definition) is 3. The summed E-state index contributed by atoms with van der Waals surface area (Å²) < 4.78 is 0. The predicted molar refractivity (Wildman–Crippen MR) is 68.3 cm³/mol. The van der Waals surface area contributed by atoms with Gasteiger partial charge in [-0.05, 0) is 38.2 Å². The molecule has 1 aromatic heterocycles. The lowest BCUT2D eigenvalue weighted by atomic mass is 10.1. The molecule has 1 aromatic rings. The molecule has 1 N–H and O–H groups in total. The summed E-state index contributed by atoms with van der Waals surface area (Å²) in [7, 11) is 4.19. The largest absolute Gasteiger partial charge is 0.319 e. The van der Waals surface area contributed by atoms with Crippen LogP contribution in [0, 0.1) is 5.92 Å². The minimum absolute atomic E-state index is 0.728. The van der Waals surface area contributed by atoms with Crippen LogP contribution in [-0.4, -0.2) is 37.1 Å². The average Bonchev–Trinajstić information content (AvgIpc) is 2.29. The Morgan fingerprint density at radius 2 is 2.31 bits per heavy atom. The second-order valence-corrected chi connectivity index (χ2v) is 4.39. The van der Waals surface area contributed by atoms with Gasteiger partial charge >= 0.3 is 0 Å². The Kier molecular flexibility index (Phi) is 6.04. The standard InChI is InChI=1S/C13H23N3/c1-4-12(8-14-2)10-16(3)11-13-6-5-7-15-9-13/h5-7,9,12,14H,4,8,10-11H2,1-3H3. The van der Waals surface area contributed by atoms with Crippen molar-refractivity contribution in [3.63, 3.8) is 0 Å². The fraction of sp³-hybridized carbons (Fsp3) is 0.615. The molecule has 1 atom stereocenters. The molecule has 0 saturated carbocycles. The molecule has 0 radical (unpaired) electrons. The summed E-state index contributed by atoms with van der Waals surface area (Å²) in [6, 6.07) is 4.12. The summed E-state index contributed by atoms with van der Waals surface area (Å²) in [4.78, 5) is 6.50. The van der Waals surface area contributed by atoms with Crippen LogP contribution in [0.3, 0.4) is 0 Å². The number of hydrogen-bond donors (Lipinski definition) is 1. The molecule has 90 valence electrons. The zero-order chi connectivity index (χ0) is 11.8. The minimum Gasteiger partial charge on any atom is -0.319 e. The highest BCUT2D eigenvalue weighted by molar-refractivity contribution is 5.07. The third kappa shape index (κ3) is 4.73. The average molecular weight is 221 g/mol. The van der Waals surface area contributed by atoms with E-state index in [0.29, 0.717) is 0 Å². The Morgan fingerprint density at radius 1 is 1.50 bits per heavy atom. The van der Waals surface area contributed by atoms with E-state index in [1.165, 1.54) is 12.0 Å². The monoisotopic (exact) mass is 221 g/mol. The highest BCUT2D eigenvalue weighted by Gasteiger charge is 2.08. The Hall–Kier alpha value is -0.930. The smallest absolute Gasteiger partial charge is 0.0312 e. The molecule has 0 amide bonds. The summed E-state index contributed by atoms with van der Waals surface area (Å²) >= 11 is 0. The van der Waals surface area contributed by atoms with Crippen molar-refractivity contribution in [3.8, 4) is 0 Å². The first-order chi connectivity index (χ1) is 7.76. The summed E-state index contributed by atoms with van der Waals surface area (Å²) in [6.45, 7) is 5.45. The fourth-order valence-corrected chi connectivity index (χ4v) is 1.94. The second kappa shape index (κ2) is 7.36. The van der Waals surface area contributed by atoms with Crippen molar-refractivity contribution in [2.75, 3.05) is 27.2 Å². The maximum Gasteiger partial charge on any atom is 0.0312 e. The molecule has 0 spiro atoms. The fourth-order valence-electron chi connectivity index (χ4n) is 1.94. The number of aromatic nitrogens is 1. The zero-order valence-corrected chi connectivity index (χ0v) is 10.6. The topological polar surface area (TPSA) is 28.2 Å². The van der Waals surface area contributed by atoms with Crippen molar-refractivity contribution in [3.05, 3.63) is 30.1 Å². The van der Waals surface area contributed by atoms with Gasteiger partial charge in [0.1, 0.15) is 0 Å². The highest BCUT2D eigenvalue weighted by atomic mass is 15.1. The van der Waals surface area contributed by atoms with Gasteiger partial charge in [0.25, 0.3) is 0 Å². The third-order valence-corrected chi connectivity index (χ3v) is 2.82. The van der Waals surface area contributed by atoms with Crippen LogP contribution in [0.25, 0.3) is 0 Å². The Labute approximate surface area is 98.9 Å². The lowest BCUT2D eigenvalue weighted by Gasteiger charge is -2.22. The van der Waals surface area contributed by atoms with Gasteiger partial charge in [-0.25, -0.2) is 0 Å². The van der Waals surface area contributed by atoms with E-state index >= 15 is 0 Å². The van der Waals surface area contributed by atoms with Gasteiger partial charge in [0.05, 0.1) is 0 Å². The maximum atomic E-state index is 4.13. The van der Waals surface area contributed by atoms with E-state index in [9.17, 15) is 0 Å². The molecule has 0 saturated heterocycles. The quantitative estimate of drug-likeness (QED) is 0.760. The number of nitrogens with zero attached hydrogens (tertiary/aromatic N) is 2. The molecule has 0 aliphatic heterocycles. The van der Waals surface area contributed by atoms with Gasteiger partial charge < -0.3 is 10.2 Å². The van der Waals surface area contributed by atoms with Crippen LogP contribution in [0.2, 0.25) is 0 Å². The van der Waals surface area contributed by atoms with Crippen LogP contribution < -0.4 is 5.32 Å². The van der Waals surface area contributed by atoms with Crippen molar-refractivity contribution in [2.24, 2.45) is 5.92 Å². The summed E-state index contributed by atoms with van der Waals surface area (Å²) in [5.74, 6) is 0.728. The number of rotatable bonds is 7. The first kappa shape index (κ1) is 13.1. The predicted octanol–water partition coefficient (Wildman–Crippen LogP) is 1.76. The van der Waals surface area contributed by atoms with E-state index in [4.69, 9.17) is 0 Å². The maximum absolute atomic E-state index is 4.13. The lowest BCUT2D eigenvalue weighted by Crippen LogP contribution is -2.30. The molecule has 0 bridgehead atoms. The SMILES string of the molecule is CCC(CNC)CN(C)Cc1cccnc1. The van der Waals surface area contributed by atoms with Crippen LogP contribution in [0.15, 0.2) is 24.5 Å². The van der Waals surface area contributed by atoms with Gasteiger partial charge in [0, 0.05) is 25.5 Å². The molecule has 0 aliphatic rings. The molecule has 16 heavy (non-hydrogen) atoms. The molecular weight excluding hydrogens is 198 g/mol. The van der Waals surface area contributed by atoms with Gasteiger partial charge in [0.15, 0.2) is 0 Å².